The Hall–Kier alpha value is -1.82. The normalized spacial score (nSPS) is 16.7. The number of phenols is 1. The van der Waals surface area contributed by atoms with Crippen LogP contribution in [0.25, 0.3) is 0 Å². The molecule has 3 N–H and O–H groups in total. The highest BCUT2D eigenvalue weighted by atomic mass is 19.1. The molecule has 1 aromatic carbocycles. The number of rotatable bonds is 7. The minimum Gasteiger partial charge on any atom is -0.505 e. The van der Waals surface area contributed by atoms with Gasteiger partial charge in [-0.05, 0) is 42.4 Å². The Morgan fingerprint density at radius 3 is 2.74 bits per heavy atom. The fourth-order valence-corrected chi connectivity index (χ4v) is 2.85. The number of methoxy groups -OCH3 is 1. The molecule has 5 nitrogen and oxygen atoms in total. The van der Waals surface area contributed by atoms with E-state index >= 15 is 0 Å². The van der Waals surface area contributed by atoms with Crippen molar-refractivity contribution in [3.63, 3.8) is 0 Å². The highest BCUT2D eigenvalue weighted by Crippen LogP contribution is 2.43. The summed E-state index contributed by atoms with van der Waals surface area (Å²) in [4.78, 5) is 4.20. The van der Waals surface area contributed by atoms with Gasteiger partial charge in [0.15, 0.2) is 17.5 Å². The van der Waals surface area contributed by atoms with Crippen LogP contribution < -0.4 is 10.6 Å². The maximum absolute atomic E-state index is 13.3. The molecule has 1 aliphatic rings. The van der Waals surface area contributed by atoms with Gasteiger partial charge in [0.25, 0.3) is 0 Å². The van der Waals surface area contributed by atoms with Gasteiger partial charge >= 0.3 is 0 Å². The number of halogens is 1. The first-order valence-electron chi connectivity index (χ1n) is 7.99. The summed E-state index contributed by atoms with van der Waals surface area (Å²) in [5.74, 6) is -0.247. The molecule has 1 saturated carbocycles. The molecule has 128 valence electrons. The highest BCUT2D eigenvalue weighted by Gasteiger charge is 2.36. The van der Waals surface area contributed by atoms with Crippen LogP contribution in [0.4, 0.5) is 4.39 Å². The van der Waals surface area contributed by atoms with E-state index in [0.29, 0.717) is 17.9 Å². The van der Waals surface area contributed by atoms with Crippen LogP contribution in [0.1, 0.15) is 31.2 Å². The molecule has 0 saturated heterocycles. The number of benzene rings is 1. The summed E-state index contributed by atoms with van der Waals surface area (Å²) in [6.45, 7) is 2.09. The lowest BCUT2D eigenvalue weighted by molar-refractivity contribution is 0.0732. The van der Waals surface area contributed by atoms with E-state index in [-0.39, 0.29) is 5.75 Å². The second kappa shape index (κ2) is 8.15. The molecule has 0 bridgehead atoms. The third kappa shape index (κ3) is 4.82. The van der Waals surface area contributed by atoms with Gasteiger partial charge in [-0.1, -0.05) is 12.5 Å². The number of hydrogen-bond acceptors (Lipinski definition) is 3. The zero-order valence-electron chi connectivity index (χ0n) is 13.9. The van der Waals surface area contributed by atoms with E-state index in [4.69, 9.17) is 4.74 Å². The number of nitrogens with zero attached hydrogens (tertiary/aromatic N) is 1. The van der Waals surface area contributed by atoms with Crippen molar-refractivity contribution in [1.29, 1.82) is 0 Å². The quantitative estimate of drug-likeness (QED) is 0.532. The molecule has 0 spiro atoms. The Kier molecular flexibility index (Phi) is 6.21. The lowest BCUT2D eigenvalue weighted by Gasteiger charge is -2.42. The highest BCUT2D eigenvalue weighted by molar-refractivity contribution is 5.79. The topological polar surface area (TPSA) is 65.9 Å². The Morgan fingerprint density at radius 2 is 2.17 bits per heavy atom. The molecule has 2 rings (SSSR count). The molecule has 1 aromatic rings. The average Bonchev–Trinajstić information content (AvgIpc) is 2.52. The molecule has 0 amide bonds. The first kappa shape index (κ1) is 17.5. The third-order valence-electron chi connectivity index (χ3n) is 4.58. The number of aliphatic imine (C=N–C) groups is 1. The lowest BCUT2D eigenvalue weighted by Crippen LogP contribution is -2.46. The zero-order valence-corrected chi connectivity index (χ0v) is 13.9. The molecular weight excluding hydrogens is 297 g/mol. The second-order valence-electron chi connectivity index (χ2n) is 6.16. The van der Waals surface area contributed by atoms with Crippen LogP contribution in [0, 0.1) is 11.2 Å². The fourth-order valence-electron chi connectivity index (χ4n) is 2.85. The Morgan fingerprint density at radius 1 is 1.39 bits per heavy atom. The van der Waals surface area contributed by atoms with Gasteiger partial charge < -0.3 is 20.5 Å². The number of nitrogens with one attached hydrogen (secondary N) is 2. The largest absolute Gasteiger partial charge is 0.505 e. The van der Waals surface area contributed by atoms with Crippen molar-refractivity contribution in [2.24, 2.45) is 10.4 Å². The Balaban J connectivity index is 1.82. The average molecular weight is 323 g/mol. The molecule has 23 heavy (non-hydrogen) atoms. The van der Waals surface area contributed by atoms with Gasteiger partial charge in [0.2, 0.25) is 0 Å². The molecule has 0 aliphatic heterocycles. The number of hydrogen-bond donors (Lipinski definition) is 3. The van der Waals surface area contributed by atoms with Gasteiger partial charge in [-0.15, -0.1) is 0 Å². The fraction of sp³-hybridized carbons (Fsp3) is 0.588. The number of ether oxygens (including phenoxy) is 1. The summed E-state index contributed by atoms with van der Waals surface area (Å²) >= 11 is 0. The van der Waals surface area contributed by atoms with Crippen molar-refractivity contribution in [2.75, 3.05) is 27.3 Å². The number of aromatic hydroxyl groups is 1. The predicted octanol–water partition coefficient (Wildman–Crippen LogP) is 2.40. The van der Waals surface area contributed by atoms with Gasteiger partial charge in [-0.3, -0.25) is 4.99 Å². The zero-order chi connectivity index (χ0) is 16.7. The third-order valence-corrected chi connectivity index (χ3v) is 4.58. The first-order chi connectivity index (χ1) is 11.1. The Bertz CT molecular complexity index is 545. The minimum atomic E-state index is -0.611. The Labute approximate surface area is 137 Å². The van der Waals surface area contributed by atoms with Crippen LogP contribution in [0.2, 0.25) is 0 Å². The van der Waals surface area contributed by atoms with Gasteiger partial charge in [0.05, 0.1) is 0 Å². The SMILES string of the molecule is CN=C(NCc1ccc(O)c(F)c1)NCC1(CCOC)CCC1. The standard InChI is InChI=1S/C17H26FN3O2/c1-19-16(20-11-13-4-5-15(22)14(18)10-13)21-12-17(6-3-7-17)8-9-23-2/h4-5,10,22H,3,6-9,11-12H2,1-2H3,(H2,19,20,21). The summed E-state index contributed by atoms with van der Waals surface area (Å²) in [5, 5.41) is 15.7. The van der Waals surface area contributed by atoms with Crippen LogP contribution in [0.5, 0.6) is 5.75 Å². The summed E-state index contributed by atoms with van der Waals surface area (Å²) in [5.41, 5.74) is 1.05. The summed E-state index contributed by atoms with van der Waals surface area (Å²) < 4.78 is 18.5. The summed E-state index contributed by atoms with van der Waals surface area (Å²) in [6.07, 6.45) is 4.74. The van der Waals surface area contributed by atoms with E-state index < -0.39 is 5.82 Å². The van der Waals surface area contributed by atoms with Crippen LogP contribution in [0.3, 0.4) is 0 Å². The van der Waals surface area contributed by atoms with E-state index in [0.717, 1.165) is 25.1 Å². The van der Waals surface area contributed by atoms with Gasteiger partial charge in [0.1, 0.15) is 0 Å². The molecule has 0 unspecified atom stereocenters. The lowest BCUT2D eigenvalue weighted by atomic mass is 9.67. The first-order valence-corrected chi connectivity index (χ1v) is 7.99. The molecular formula is C17H26FN3O2. The molecule has 0 radical (unpaired) electrons. The van der Waals surface area contributed by atoms with E-state index in [1.165, 1.54) is 31.4 Å². The van der Waals surface area contributed by atoms with Crippen molar-refractivity contribution < 1.29 is 14.2 Å². The van der Waals surface area contributed by atoms with Crippen molar-refractivity contribution in [1.82, 2.24) is 10.6 Å². The van der Waals surface area contributed by atoms with E-state index in [1.807, 2.05) is 0 Å². The summed E-state index contributed by atoms with van der Waals surface area (Å²) in [6, 6.07) is 4.36. The minimum absolute atomic E-state index is 0.304. The van der Waals surface area contributed by atoms with E-state index in [9.17, 15) is 9.50 Å². The van der Waals surface area contributed by atoms with Crippen LogP contribution in [-0.4, -0.2) is 38.4 Å². The van der Waals surface area contributed by atoms with E-state index in [2.05, 4.69) is 15.6 Å². The van der Waals surface area contributed by atoms with Crippen molar-refractivity contribution in [3.8, 4) is 5.75 Å². The maximum Gasteiger partial charge on any atom is 0.191 e. The number of guanidine groups is 1. The summed E-state index contributed by atoms with van der Waals surface area (Å²) in [7, 11) is 3.45. The molecule has 0 heterocycles. The number of phenolic OH excluding ortho intramolecular Hbond substituents is 1. The van der Waals surface area contributed by atoms with Crippen LogP contribution >= 0.6 is 0 Å². The monoisotopic (exact) mass is 323 g/mol. The second-order valence-corrected chi connectivity index (χ2v) is 6.16. The molecule has 0 aromatic heterocycles. The van der Waals surface area contributed by atoms with Gasteiger partial charge in [-0.25, -0.2) is 4.39 Å². The van der Waals surface area contributed by atoms with E-state index in [1.54, 1.807) is 20.2 Å². The van der Waals surface area contributed by atoms with Crippen molar-refractivity contribution >= 4 is 5.96 Å². The van der Waals surface area contributed by atoms with Crippen molar-refractivity contribution in [2.45, 2.75) is 32.2 Å². The van der Waals surface area contributed by atoms with Crippen LogP contribution in [-0.2, 0) is 11.3 Å². The predicted molar refractivity (Wildman–Crippen MR) is 89.0 cm³/mol. The molecule has 1 aliphatic carbocycles. The molecule has 1 fully saturated rings. The smallest absolute Gasteiger partial charge is 0.191 e. The van der Waals surface area contributed by atoms with Crippen molar-refractivity contribution in [3.05, 3.63) is 29.6 Å². The molecule has 6 heteroatoms. The molecule has 0 atom stereocenters. The van der Waals surface area contributed by atoms with Gasteiger partial charge in [0, 0.05) is 33.9 Å². The maximum atomic E-state index is 13.3. The van der Waals surface area contributed by atoms with Gasteiger partial charge in [-0.2, -0.15) is 0 Å². The van der Waals surface area contributed by atoms with Crippen LogP contribution in [0.15, 0.2) is 23.2 Å².